The predicted octanol–water partition coefficient (Wildman–Crippen LogP) is 4.61. The molecular formula is C17H27N. The summed E-state index contributed by atoms with van der Waals surface area (Å²) in [5.74, 6) is 0.880. The van der Waals surface area contributed by atoms with E-state index in [9.17, 15) is 0 Å². The molecule has 100 valence electrons. The average molecular weight is 245 g/mol. The van der Waals surface area contributed by atoms with Gasteiger partial charge in [-0.25, -0.2) is 0 Å². The monoisotopic (exact) mass is 245 g/mol. The van der Waals surface area contributed by atoms with E-state index in [1.165, 1.54) is 43.2 Å². The number of hydrogen-bond acceptors (Lipinski definition) is 1. The number of rotatable bonds is 4. The van der Waals surface area contributed by atoms with E-state index in [1.54, 1.807) is 0 Å². The van der Waals surface area contributed by atoms with Crippen molar-refractivity contribution in [2.24, 2.45) is 5.92 Å². The molecule has 1 fully saturated rings. The van der Waals surface area contributed by atoms with Crippen LogP contribution in [-0.4, -0.2) is 6.04 Å². The lowest BCUT2D eigenvalue weighted by Gasteiger charge is -2.31. The zero-order valence-corrected chi connectivity index (χ0v) is 12.1. The molecule has 1 aliphatic rings. The van der Waals surface area contributed by atoms with Gasteiger partial charge < -0.3 is 5.32 Å². The highest BCUT2D eigenvalue weighted by Gasteiger charge is 2.21. The van der Waals surface area contributed by atoms with E-state index < -0.39 is 0 Å². The molecule has 0 saturated heterocycles. The highest BCUT2D eigenvalue weighted by molar-refractivity contribution is 5.28. The molecule has 1 aromatic rings. The Morgan fingerprint density at radius 2 is 1.72 bits per heavy atom. The molecular weight excluding hydrogens is 218 g/mol. The van der Waals surface area contributed by atoms with Crippen molar-refractivity contribution in [1.29, 1.82) is 0 Å². The molecule has 0 bridgehead atoms. The van der Waals surface area contributed by atoms with Crippen LogP contribution >= 0.6 is 0 Å². The summed E-state index contributed by atoms with van der Waals surface area (Å²) in [5.41, 5.74) is 2.84. The summed E-state index contributed by atoms with van der Waals surface area (Å²) in [5, 5.41) is 3.81. The van der Waals surface area contributed by atoms with Gasteiger partial charge in [-0.15, -0.1) is 0 Å². The van der Waals surface area contributed by atoms with Gasteiger partial charge >= 0.3 is 0 Å². The Morgan fingerprint density at radius 1 is 1.06 bits per heavy atom. The van der Waals surface area contributed by atoms with Crippen LogP contribution in [0.4, 0.5) is 0 Å². The maximum absolute atomic E-state index is 3.81. The molecule has 1 unspecified atom stereocenters. The summed E-state index contributed by atoms with van der Waals surface area (Å²) in [4.78, 5) is 0. The largest absolute Gasteiger partial charge is 0.307 e. The summed E-state index contributed by atoms with van der Waals surface area (Å²) in [6.45, 7) is 6.87. The fraction of sp³-hybridized carbons (Fsp3) is 0.647. The van der Waals surface area contributed by atoms with E-state index in [4.69, 9.17) is 0 Å². The first-order chi connectivity index (χ1) is 8.68. The zero-order chi connectivity index (χ0) is 13.0. The summed E-state index contributed by atoms with van der Waals surface area (Å²) in [7, 11) is 0. The van der Waals surface area contributed by atoms with Gasteiger partial charge in [-0.2, -0.15) is 0 Å². The van der Waals surface area contributed by atoms with E-state index in [1.807, 2.05) is 0 Å². The van der Waals surface area contributed by atoms with Gasteiger partial charge in [0.2, 0.25) is 0 Å². The second-order valence-electron chi connectivity index (χ2n) is 5.93. The predicted molar refractivity (Wildman–Crippen MR) is 78.8 cm³/mol. The quantitative estimate of drug-likeness (QED) is 0.816. The van der Waals surface area contributed by atoms with Crippen molar-refractivity contribution in [3.8, 4) is 0 Å². The minimum Gasteiger partial charge on any atom is -0.307 e. The molecule has 1 aromatic carbocycles. The zero-order valence-electron chi connectivity index (χ0n) is 12.1. The van der Waals surface area contributed by atoms with Crippen molar-refractivity contribution >= 4 is 0 Å². The van der Waals surface area contributed by atoms with E-state index in [2.05, 4.69) is 50.4 Å². The van der Waals surface area contributed by atoms with Gasteiger partial charge in [-0.1, -0.05) is 43.5 Å². The van der Waals surface area contributed by atoms with Crippen LogP contribution in [0, 0.1) is 12.8 Å². The van der Waals surface area contributed by atoms with Crippen LogP contribution in [0.3, 0.4) is 0 Å². The molecule has 0 heterocycles. The first kappa shape index (κ1) is 13.6. The Kier molecular flexibility index (Phi) is 4.82. The number of aryl methyl sites for hydroxylation is 1. The van der Waals surface area contributed by atoms with Crippen LogP contribution in [0.1, 0.15) is 63.1 Å². The number of benzene rings is 1. The van der Waals surface area contributed by atoms with Crippen molar-refractivity contribution in [3.05, 3.63) is 35.4 Å². The van der Waals surface area contributed by atoms with Gasteiger partial charge in [-0.05, 0) is 50.7 Å². The molecule has 1 N–H and O–H groups in total. The molecule has 0 aliphatic heterocycles. The lowest BCUT2D eigenvalue weighted by Crippen LogP contribution is -2.36. The fourth-order valence-electron chi connectivity index (χ4n) is 3.33. The van der Waals surface area contributed by atoms with Crippen LogP contribution in [0.15, 0.2) is 24.3 Å². The van der Waals surface area contributed by atoms with Crippen LogP contribution < -0.4 is 5.32 Å². The van der Waals surface area contributed by atoms with Gasteiger partial charge in [0, 0.05) is 12.1 Å². The molecule has 1 nitrogen and oxygen atoms in total. The summed E-state index contributed by atoms with van der Waals surface area (Å²) < 4.78 is 0. The molecule has 1 saturated carbocycles. The van der Waals surface area contributed by atoms with Crippen LogP contribution in [0.5, 0.6) is 0 Å². The van der Waals surface area contributed by atoms with E-state index in [-0.39, 0.29) is 0 Å². The Labute approximate surface area is 112 Å². The van der Waals surface area contributed by atoms with Crippen LogP contribution in [0.25, 0.3) is 0 Å². The van der Waals surface area contributed by atoms with E-state index in [0.717, 1.165) is 5.92 Å². The lowest BCUT2D eigenvalue weighted by atomic mass is 9.84. The Morgan fingerprint density at radius 3 is 2.39 bits per heavy atom. The van der Waals surface area contributed by atoms with Crippen LogP contribution in [0.2, 0.25) is 0 Å². The Bertz CT molecular complexity index is 366. The van der Waals surface area contributed by atoms with Crippen molar-refractivity contribution in [2.75, 3.05) is 0 Å². The number of hydrogen-bond donors (Lipinski definition) is 1. The van der Waals surface area contributed by atoms with Crippen molar-refractivity contribution in [3.63, 3.8) is 0 Å². The van der Waals surface area contributed by atoms with Gasteiger partial charge in [-0.3, -0.25) is 0 Å². The smallest absolute Gasteiger partial charge is 0.0296 e. The maximum Gasteiger partial charge on any atom is 0.0296 e. The van der Waals surface area contributed by atoms with E-state index in [0.29, 0.717) is 12.1 Å². The molecule has 1 aliphatic carbocycles. The molecule has 0 spiro atoms. The van der Waals surface area contributed by atoms with Crippen molar-refractivity contribution < 1.29 is 0 Å². The van der Waals surface area contributed by atoms with Gasteiger partial charge in [0.1, 0.15) is 0 Å². The SMILES string of the molecule is Cc1ccccc1[C@@H](C)NC(C)C1CCCCC1. The standard InChI is InChI=1S/C17H27N/c1-13-9-7-8-12-17(13)15(3)18-14(2)16-10-5-4-6-11-16/h7-9,12,14-16,18H,4-6,10-11H2,1-3H3/t14?,15-/m1/s1. The highest BCUT2D eigenvalue weighted by Crippen LogP contribution is 2.28. The Balaban J connectivity index is 1.94. The third kappa shape index (κ3) is 3.35. The highest BCUT2D eigenvalue weighted by atomic mass is 14.9. The second-order valence-corrected chi connectivity index (χ2v) is 5.93. The third-order valence-electron chi connectivity index (χ3n) is 4.52. The third-order valence-corrected chi connectivity index (χ3v) is 4.52. The topological polar surface area (TPSA) is 12.0 Å². The molecule has 18 heavy (non-hydrogen) atoms. The molecule has 2 rings (SSSR count). The molecule has 0 aromatic heterocycles. The summed E-state index contributed by atoms with van der Waals surface area (Å²) in [6, 6.07) is 9.82. The summed E-state index contributed by atoms with van der Waals surface area (Å²) >= 11 is 0. The first-order valence-corrected chi connectivity index (χ1v) is 7.50. The van der Waals surface area contributed by atoms with E-state index >= 15 is 0 Å². The van der Waals surface area contributed by atoms with Crippen molar-refractivity contribution in [2.45, 2.75) is 65.0 Å². The van der Waals surface area contributed by atoms with Crippen LogP contribution in [-0.2, 0) is 0 Å². The molecule has 2 atom stereocenters. The number of nitrogens with one attached hydrogen (secondary N) is 1. The lowest BCUT2D eigenvalue weighted by molar-refractivity contribution is 0.268. The Hall–Kier alpha value is -0.820. The minimum absolute atomic E-state index is 0.461. The molecule has 1 heteroatoms. The molecule has 0 radical (unpaired) electrons. The van der Waals surface area contributed by atoms with Gasteiger partial charge in [0.15, 0.2) is 0 Å². The minimum atomic E-state index is 0.461. The average Bonchev–Trinajstić information content (AvgIpc) is 2.40. The van der Waals surface area contributed by atoms with Gasteiger partial charge in [0.05, 0.1) is 0 Å². The summed E-state index contributed by atoms with van der Waals surface area (Å²) in [6.07, 6.45) is 7.12. The maximum atomic E-state index is 3.81. The first-order valence-electron chi connectivity index (χ1n) is 7.50. The van der Waals surface area contributed by atoms with Crippen molar-refractivity contribution in [1.82, 2.24) is 5.32 Å². The molecule has 0 amide bonds. The fourth-order valence-corrected chi connectivity index (χ4v) is 3.33. The second kappa shape index (κ2) is 6.38. The normalized spacial score (nSPS) is 20.6. The van der Waals surface area contributed by atoms with Gasteiger partial charge in [0.25, 0.3) is 0 Å².